The number of thioether (sulfide) groups is 2. The van der Waals surface area contributed by atoms with Gasteiger partial charge in [-0.25, -0.2) is 10.0 Å². The maximum Gasteiger partial charge on any atom is 0.391 e. The first-order chi connectivity index (χ1) is 10.8. The standard InChI is InChI=1S/C13H21F3N4OS2/c1-7-6-20-12(22-7)23-11(19-20)18-10(21)17-9-4-2-3-8(5-9)13(14,15)16/h7-9,11-12,19H,2-6H2,1H3,(H2,17,18,21). The zero-order chi connectivity index (χ0) is 16.6. The van der Waals surface area contributed by atoms with E-state index in [1.807, 2.05) is 11.8 Å². The predicted octanol–water partition coefficient (Wildman–Crippen LogP) is 0.252. The minimum Gasteiger partial charge on any atom is -0.846 e. The van der Waals surface area contributed by atoms with Gasteiger partial charge in [0.1, 0.15) is 6.54 Å². The van der Waals surface area contributed by atoms with E-state index in [9.17, 15) is 18.3 Å². The largest absolute Gasteiger partial charge is 0.846 e. The fourth-order valence-electron chi connectivity index (χ4n) is 3.30. The van der Waals surface area contributed by atoms with Crippen molar-refractivity contribution in [1.82, 2.24) is 10.7 Å². The summed E-state index contributed by atoms with van der Waals surface area (Å²) in [7, 11) is 0. The Hall–Kier alpha value is -0.320. The number of fused-ring (bicyclic) bond motifs is 1. The molecular weight excluding hydrogens is 349 g/mol. The molecule has 3 N–H and O–H groups in total. The molecule has 1 aliphatic carbocycles. The zero-order valence-electron chi connectivity index (χ0n) is 12.7. The molecule has 3 fully saturated rings. The lowest BCUT2D eigenvalue weighted by Crippen LogP contribution is -3.17. The number of halogens is 3. The summed E-state index contributed by atoms with van der Waals surface area (Å²) in [6.07, 6.45) is -2.98. The molecule has 0 radical (unpaired) electrons. The van der Waals surface area contributed by atoms with Crippen LogP contribution in [0.25, 0.3) is 0 Å². The second-order valence-corrected chi connectivity index (χ2v) is 9.36. The van der Waals surface area contributed by atoms with Gasteiger partial charge in [0, 0.05) is 6.04 Å². The Morgan fingerprint density at radius 3 is 2.83 bits per heavy atom. The van der Waals surface area contributed by atoms with Gasteiger partial charge in [0.25, 0.3) is 0 Å². The first-order valence-corrected chi connectivity index (χ1v) is 9.71. The number of aliphatic imine (C=N–C) groups is 1. The van der Waals surface area contributed by atoms with Crippen LogP contribution >= 0.6 is 23.5 Å². The van der Waals surface area contributed by atoms with Crippen LogP contribution in [-0.2, 0) is 0 Å². The quantitative estimate of drug-likeness (QED) is 0.481. The molecule has 5 nitrogen and oxygen atoms in total. The molecule has 10 heteroatoms. The summed E-state index contributed by atoms with van der Waals surface area (Å²) in [4.78, 5) is 4.05. The van der Waals surface area contributed by atoms with Gasteiger partial charge in [-0.1, -0.05) is 18.2 Å². The molecule has 3 aliphatic rings. The van der Waals surface area contributed by atoms with E-state index in [0.29, 0.717) is 22.8 Å². The fraction of sp³-hybridized carbons (Fsp3) is 0.923. The molecule has 6 atom stereocenters. The molecule has 0 amide bonds. The summed E-state index contributed by atoms with van der Waals surface area (Å²) in [6.45, 7) is 3.14. The van der Waals surface area contributed by atoms with Crippen molar-refractivity contribution < 1.29 is 23.3 Å². The van der Waals surface area contributed by atoms with Crippen LogP contribution in [0.2, 0.25) is 0 Å². The molecule has 0 spiro atoms. The van der Waals surface area contributed by atoms with Gasteiger partial charge in [-0.05, 0) is 37.9 Å². The fourth-order valence-corrected chi connectivity index (χ4v) is 6.40. The lowest BCUT2D eigenvalue weighted by Gasteiger charge is -2.33. The van der Waals surface area contributed by atoms with Crippen LogP contribution in [-0.4, -0.2) is 40.2 Å². The Balaban J connectivity index is 1.50. The molecule has 0 aromatic rings. The number of amidine groups is 1. The van der Waals surface area contributed by atoms with Crippen molar-refractivity contribution in [3.05, 3.63) is 0 Å². The average molecular weight is 370 g/mol. The van der Waals surface area contributed by atoms with E-state index in [1.54, 1.807) is 11.8 Å². The summed E-state index contributed by atoms with van der Waals surface area (Å²) in [5.41, 5.74) is 2.91. The summed E-state index contributed by atoms with van der Waals surface area (Å²) >= 11 is 3.44. The number of hydrogen-bond donors (Lipinski definition) is 3. The molecule has 3 rings (SSSR count). The van der Waals surface area contributed by atoms with Gasteiger partial charge in [0.2, 0.25) is 4.71 Å². The summed E-state index contributed by atoms with van der Waals surface area (Å²) in [5, 5.41) is 16.4. The zero-order valence-corrected chi connectivity index (χ0v) is 14.4. The summed E-state index contributed by atoms with van der Waals surface area (Å²) in [5.74, 6) is -1.31. The highest BCUT2D eigenvalue weighted by Crippen LogP contribution is 2.37. The van der Waals surface area contributed by atoms with Crippen molar-refractivity contribution in [2.24, 2.45) is 10.9 Å². The third-order valence-electron chi connectivity index (χ3n) is 4.41. The maximum absolute atomic E-state index is 12.8. The number of hydrogen-bond acceptors (Lipinski definition) is 5. The van der Waals surface area contributed by atoms with E-state index >= 15 is 0 Å². The lowest BCUT2D eigenvalue weighted by atomic mass is 9.85. The van der Waals surface area contributed by atoms with Gasteiger partial charge in [0.05, 0.1) is 17.2 Å². The molecule has 23 heavy (non-hydrogen) atoms. The number of nitrogens with one attached hydrogen (secondary N) is 3. The lowest BCUT2D eigenvalue weighted by molar-refractivity contribution is -0.932. The third kappa shape index (κ3) is 4.40. The predicted molar refractivity (Wildman–Crippen MR) is 83.6 cm³/mol. The first kappa shape index (κ1) is 17.5. The number of rotatable bonds is 2. The minimum atomic E-state index is -4.18. The van der Waals surface area contributed by atoms with Gasteiger partial charge in [0.15, 0.2) is 5.50 Å². The molecular formula is C13H21F3N4OS2. The smallest absolute Gasteiger partial charge is 0.391 e. The van der Waals surface area contributed by atoms with Crippen molar-refractivity contribution in [2.45, 2.75) is 60.3 Å². The highest BCUT2D eigenvalue weighted by atomic mass is 32.2. The topological polar surface area (TPSA) is 63.9 Å². The summed E-state index contributed by atoms with van der Waals surface area (Å²) < 4.78 is 38.7. The van der Waals surface area contributed by atoms with E-state index < -0.39 is 24.2 Å². The SMILES string of the molecule is CC1C[NH+]2NC(N=C([O-])NC3CCCC(C(F)(F)F)C3)SC2S1. The van der Waals surface area contributed by atoms with Crippen molar-refractivity contribution in [3.63, 3.8) is 0 Å². The monoisotopic (exact) mass is 370 g/mol. The Kier molecular flexibility index (Phi) is 5.24. The van der Waals surface area contributed by atoms with E-state index in [0.717, 1.165) is 6.54 Å². The van der Waals surface area contributed by atoms with Crippen molar-refractivity contribution in [1.29, 1.82) is 0 Å². The molecule has 0 aromatic heterocycles. The van der Waals surface area contributed by atoms with E-state index in [-0.39, 0.29) is 18.3 Å². The van der Waals surface area contributed by atoms with Gasteiger partial charge >= 0.3 is 6.18 Å². The number of alkyl halides is 3. The van der Waals surface area contributed by atoms with Crippen LogP contribution in [0.1, 0.15) is 32.6 Å². The van der Waals surface area contributed by atoms with Gasteiger partial charge in [-0.15, -0.1) is 5.43 Å². The van der Waals surface area contributed by atoms with Gasteiger partial charge in [-0.3, -0.25) is 0 Å². The molecule has 6 unspecified atom stereocenters. The molecule has 132 valence electrons. The van der Waals surface area contributed by atoms with Crippen LogP contribution in [0.15, 0.2) is 4.99 Å². The molecule has 1 saturated carbocycles. The minimum absolute atomic E-state index is 0.0383. The van der Waals surface area contributed by atoms with Gasteiger partial charge < -0.3 is 10.4 Å². The number of quaternary nitrogens is 1. The normalized spacial score (nSPS) is 41.8. The number of nitrogens with zero attached hydrogens (tertiary/aromatic N) is 1. The van der Waals surface area contributed by atoms with Crippen LogP contribution in [0.4, 0.5) is 13.2 Å². The van der Waals surface area contributed by atoms with Crippen molar-refractivity contribution >= 4 is 29.5 Å². The van der Waals surface area contributed by atoms with Crippen LogP contribution in [0, 0.1) is 5.92 Å². The van der Waals surface area contributed by atoms with Gasteiger partial charge in [-0.2, -0.15) is 13.2 Å². The van der Waals surface area contributed by atoms with Crippen LogP contribution in [0.5, 0.6) is 0 Å². The van der Waals surface area contributed by atoms with E-state index in [2.05, 4.69) is 22.7 Å². The van der Waals surface area contributed by atoms with Crippen LogP contribution in [0.3, 0.4) is 0 Å². The van der Waals surface area contributed by atoms with E-state index in [4.69, 9.17) is 0 Å². The van der Waals surface area contributed by atoms with Crippen molar-refractivity contribution in [3.8, 4) is 0 Å². The van der Waals surface area contributed by atoms with Crippen LogP contribution < -0.4 is 20.9 Å². The van der Waals surface area contributed by atoms with Crippen molar-refractivity contribution in [2.75, 3.05) is 6.54 Å². The first-order valence-electron chi connectivity index (χ1n) is 7.82. The Morgan fingerprint density at radius 1 is 1.35 bits per heavy atom. The maximum atomic E-state index is 12.8. The molecule has 2 aliphatic heterocycles. The second kappa shape index (κ2) is 6.89. The second-order valence-electron chi connectivity index (χ2n) is 6.32. The average Bonchev–Trinajstić information content (AvgIpc) is 2.94. The molecule has 0 aromatic carbocycles. The third-order valence-corrected chi connectivity index (χ3v) is 7.25. The Morgan fingerprint density at radius 2 is 2.13 bits per heavy atom. The molecule has 2 heterocycles. The highest BCUT2D eigenvalue weighted by Gasteiger charge is 2.44. The Labute approximate surface area is 141 Å². The molecule has 0 bridgehead atoms. The Bertz CT molecular complexity index is 451. The molecule has 2 saturated heterocycles. The summed E-state index contributed by atoms with van der Waals surface area (Å²) in [6, 6.07) is -0.943. The highest BCUT2D eigenvalue weighted by molar-refractivity contribution is 8.17. The van der Waals surface area contributed by atoms with E-state index in [1.165, 1.54) is 5.01 Å².